The lowest BCUT2D eigenvalue weighted by atomic mass is 10.2. The highest BCUT2D eigenvalue weighted by Gasteiger charge is 2.18. The summed E-state index contributed by atoms with van der Waals surface area (Å²) in [6.07, 6.45) is 1.77. The Morgan fingerprint density at radius 2 is 1.88 bits per heavy atom. The van der Waals surface area contributed by atoms with Crippen molar-refractivity contribution < 1.29 is 9.18 Å². The van der Waals surface area contributed by atoms with Crippen LogP contribution in [0.2, 0.25) is 0 Å². The molecule has 2 aromatic heterocycles. The van der Waals surface area contributed by atoms with E-state index in [1.807, 2.05) is 6.92 Å². The van der Waals surface area contributed by atoms with Gasteiger partial charge in [0, 0.05) is 25.0 Å². The molecule has 0 saturated carbocycles. The Morgan fingerprint density at radius 1 is 1.17 bits per heavy atom. The van der Waals surface area contributed by atoms with Gasteiger partial charge in [-0.3, -0.25) is 14.2 Å². The van der Waals surface area contributed by atoms with E-state index in [0.717, 1.165) is 11.3 Å². The molecule has 0 spiro atoms. The SMILES string of the molecule is Cc1nn(C)c(C)c1C(=O)Nc1ccn(Cc2ccc(F)cc2)n1. The number of hydrogen-bond acceptors (Lipinski definition) is 3. The fourth-order valence-electron chi connectivity index (χ4n) is 2.57. The molecule has 0 aliphatic carbocycles. The summed E-state index contributed by atoms with van der Waals surface area (Å²) >= 11 is 0. The van der Waals surface area contributed by atoms with Gasteiger partial charge in [-0.05, 0) is 31.5 Å². The maximum atomic E-state index is 12.9. The van der Waals surface area contributed by atoms with E-state index in [1.165, 1.54) is 12.1 Å². The van der Waals surface area contributed by atoms with Gasteiger partial charge < -0.3 is 5.32 Å². The summed E-state index contributed by atoms with van der Waals surface area (Å²) in [5.74, 6) is -0.0377. The Kier molecular flexibility index (Phi) is 4.16. The Labute approximate surface area is 138 Å². The van der Waals surface area contributed by atoms with Crippen molar-refractivity contribution in [3.8, 4) is 0 Å². The van der Waals surface area contributed by atoms with Gasteiger partial charge in [0.15, 0.2) is 5.82 Å². The third kappa shape index (κ3) is 3.19. The third-order valence-corrected chi connectivity index (χ3v) is 3.88. The highest BCUT2D eigenvalue weighted by molar-refractivity contribution is 6.05. The normalized spacial score (nSPS) is 10.8. The number of nitrogens with zero attached hydrogens (tertiary/aromatic N) is 4. The smallest absolute Gasteiger partial charge is 0.260 e. The molecular formula is C17H18FN5O. The monoisotopic (exact) mass is 327 g/mol. The van der Waals surface area contributed by atoms with Crippen LogP contribution in [-0.2, 0) is 13.6 Å². The number of halogens is 1. The first-order valence-electron chi connectivity index (χ1n) is 7.53. The second-order valence-electron chi connectivity index (χ2n) is 5.65. The minimum Gasteiger partial charge on any atom is -0.305 e. The molecule has 3 rings (SSSR count). The van der Waals surface area contributed by atoms with Crippen molar-refractivity contribution in [1.29, 1.82) is 0 Å². The highest BCUT2D eigenvalue weighted by atomic mass is 19.1. The molecule has 0 radical (unpaired) electrons. The van der Waals surface area contributed by atoms with E-state index in [9.17, 15) is 9.18 Å². The number of rotatable bonds is 4. The van der Waals surface area contributed by atoms with Crippen molar-refractivity contribution in [3.63, 3.8) is 0 Å². The number of hydrogen-bond donors (Lipinski definition) is 1. The topological polar surface area (TPSA) is 64.7 Å². The first-order chi connectivity index (χ1) is 11.4. The Hall–Kier alpha value is -2.96. The average Bonchev–Trinajstić information content (AvgIpc) is 3.06. The van der Waals surface area contributed by atoms with Crippen LogP contribution in [0.15, 0.2) is 36.5 Å². The number of aromatic nitrogens is 4. The van der Waals surface area contributed by atoms with E-state index in [-0.39, 0.29) is 11.7 Å². The predicted molar refractivity (Wildman–Crippen MR) is 88.4 cm³/mol. The number of benzene rings is 1. The standard InChI is InChI=1S/C17H18FN5O/c1-11-16(12(2)22(3)20-11)17(24)19-15-8-9-23(21-15)10-13-4-6-14(18)7-5-13/h4-9H,10H2,1-3H3,(H,19,21,24). The van der Waals surface area contributed by atoms with Crippen LogP contribution in [0.4, 0.5) is 10.2 Å². The number of nitrogens with one attached hydrogen (secondary N) is 1. The van der Waals surface area contributed by atoms with E-state index < -0.39 is 0 Å². The van der Waals surface area contributed by atoms with Crippen LogP contribution in [0.25, 0.3) is 0 Å². The van der Waals surface area contributed by atoms with Crippen LogP contribution in [0.5, 0.6) is 0 Å². The molecule has 2 heterocycles. The summed E-state index contributed by atoms with van der Waals surface area (Å²) in [4.78, 5) is 12.4. The molecule has 3 aromatic rings. The Morgan fingerprint density at radius 3 is 2.50 bits per heavy atom. The van der Waals surface area contributed by atoms with Crippen molar-refractivity contribution in [2.24, 2.45) is 7.05 Å². The molecule has 0 aliphatic heterocycles. The molecule has 24 heavy (non-hydrogen) atoms. The van der Waals surface area contributed by atoms with Gasteiger partial charge in [0.2, 0.25) is 0 Å². The fourth-order valence-corrected chi connectivity index (χ4v) is 2.57. The second-order valence-corrected chi connectivity index (χ2v) is 5.65. The van der Waals surface area contributed by atoms with Gasteiger partial charge in [0.1, 0.15) is 5.82 Å². The summed E-state index contributed by atoms with van der Waals surface area (Å²) in [7, 11) is 1.80. The van der Waals surface area contributed by atoms with Gasteiger partial charge in [-0.25, -0.2) is 4.39 Å². The lowest BCUT2D eigenvalue weighted by Crippen LogP contribution is -2.15. The van der Waals surface area contributed by atoms with Gasteiger partial charge in [-0.2, -0.15) is 10.2 Å². The summed E-state index contributed by atoms with van der Waals surface area (Å²) in [6, 6.07) is 7.96. The molecule has 1 N–H and O–H groups in total. The summed E-state index contributed by atoms with van der Waals surface area (Å²) in [5, 5.41) is 11.3. The van der Waals surface area contributed by atoms with Gasteiger partial charge >= 0.3 is 0 Å². The largest absolute Gasteiger partial charge is 0.305 e. The molecule has 1 amide bonds. The molecule has 124 valence electrons. The molecule has 1 aromatic carbocycles. The molecule has 6 nitrogen and oxygen atoms in total. The van der Waals surface area contributed by atoms with Crippen molar-refractivity contribution in [3.05, 3.63) is 64.9 Å². The van der Waals surface area contributed by atoms with Gasteiger partial charge in [0.05, 0.1) is 17.8 Å². The number of anilines is 1. The predicted octanol–water partition coefficient (Wildman–Crippen LogP) is 2.67. The van der Waals surface area contributed by atoms with Crippen molar-refractivity contribution in [2.75, 3.05) is 5.32 Å². The third-order valence-electron chi connectivity index (χ3n) is 3.88. The lowest BCUT2D eigenvalue weighted by Gasteiger charge is -2.04. The van der Waals surface area contributed by atoms with Gasteiger partial charge in [-0.15, -0.1) is 0 Å². The number of amides is 1. The number of aryl methyl sites for hydroxylation is 2. The van der Waals surface area contributed by atoms with Crippen molar-refractivity contribution >= 4 is 11.7 Å². The molecule has 0 bridgehead atoms. The quantitative estimate of drug-likeness (QED) is 0.801. The van der Waals surface area contributed by atoms with E-state index in [0.29, 0.717) is 23.6 Å². The van der Waals surface area contributed by atoms with Crippen molar-refractivity contribution in [1.82, 2.24) is 19.6 Å². The number of carbonyl (C=O) groups excluding carboxylic acids is 1. The van der Waals surface area contributed by atoms with Crippen LogP contribution >= 0.6 is 0 Å². The maximum absolute atomic E-state index is 12.9. The maximum Gasteiger partial charge on any atom is 0.260 e. The van der Waals surface area contributed by atoms with E-state index in [2.05, 4.69) is 15.5 Å². The van der Waals surface area contributed by atoms with Crippen LogP contribution in [0, 0.1) is 19.7 Å². The number of carbonyl (C=O) groups is 1. The van der Waals surface area contributed by atoms with Gasteiger partial charge in [0.25, 0.3) is 5.91 Å². The second kappa shape index (κ2) is 6.27. The molecule has 0 saturated heterocycles. The Bertz CT molecular complexity index is 879. The highest BCUT2D eigenvalue weighted by Crippen LogP contribution is 2.14. The Balaban J connectivity index is 1.71. The molecule has 0 unspecified atom stereocenters. The summed E-state index contributed by atoms with van der Waals surface area (Å²) in [5.41, 5.74) is 2.97. The van der Waals surface area contributed by atoms with Crippen molar-refractivity contribution in [2.45, 2.75) is 20.4 Å². The summed E-state index contributed by atoms with van der Waals surface area (Å²) < 4.78 is 16.3. The zero-order valence-electron chi connectivity index (χ0n) is 13.7. The minimum absolute atomic E-state index is 0.231. The zero-order valence-corrected chi connectivity index (χ0v) is 13.7. The fraction of sp³-hybridized carbons (Fsp3) is 0.235. The van der Waals surface area contributed by atoms with Crippen LogP contribution in [0.1, 0.15) is 27.3 Å². The van der Waals surface area contributed by atoms with E-state index in [1.54, 1.807) is 47.7 Å². The van der Waals surface area contributed by atoms with E-state index >= 15 is 0 Å². The molecular weight excluding hydrogens is 309 g/mol. The van der Waals surface area contributed by atoms with Crippen LogP contribution in [0.3, 0.4) is 0 Å². The van der Waals surface area contributed by atoms with Gasteiger partial charge in [-0.1, -0.05) is 12.1 Å². The first-order valence-corrected chi connectivity index (χ1v) is 7.53. The van der Waals surface area contributed by atoms with Crippen LogP contribution < -0.4 is 5.32 Å². The minimum atomic E-state index is -0.269. The lowest BCUT2D eigenvalue weighted by molar-refractivity contribution is 0.102. The van der Waals surface area contributed by atoms with Crippen LogP contribution in [-0.4, -0.2) is 25.5 Å². The average molecular weight is 327 g/mol. The zero-order chi connectivity index (χ0) is 17.3. The molecule has 0 atom stereocenters. The molecule has 0 fully saturated rings. The molecule has 0 aliphatic rings. The molecule has 7 heteroatoms. The van der Waals surface area contributed by atoms with E-state index in [4.69, 9.17) is 0 Å². The summed E-state index contributed by atoms with van der Waals surface area (Å²) in [6.45, 7) is 4.15. The first kappa shape index (κ1) is 15.9.